The van der Waals surface area contributed by atoms with Crippen molar-refractivity contribution in [2.45, 2.75) is 86.0 Å². The van der Waals surface area contributed by atoms with Crippen molar-refractivity contribution >= 4 is 55.2 Å². The summed E-state index contributed by atoms with van der Waals surface area (Å²) in [4.78, 5) is 2.55. The zero-order valence-electron chi connectivity index (χ0n) is 40.5. The van der Waals surface area contributed by atoms with Crippen molar-refractivity contribution < 1.29 is 0 Å². The van der Waals surface area contributed by atoms with E-state index in [-0.39, 0.29) is 5.41 Å². The van der Waals surface area contributed by atoms with E-state index in [1.54, 1.807) is 0 Å². The van der Waals surface area contributed by atoms with Crippen LogP contribution < -0.4 is 4.90 Å². The maximum atomic E-state index is 4.23. The summed E-state index contributed by atoms with van der Waals surface area (Å²) in [6, 6.07) is 63.7. The molecule has 0 bridgehead atoms. The minimum Gasteiger partial charge on any atom is -0.344 e. The van der Waals surface area contributed by atoms with E-state index < -0.39 is 0 Å². The van der Waals surface area contributed by atoms with Crippen LogP contribution >= 0.6 is 0 Å². The zero-order valence-corrected chi connectivity index (χ0v) is 40.5. The van der Waals surface area contributed by atoms with Crippen LogP contribution in [0.5, 0.6) is 0 Å². The molecule has 66 heavy (non-hydrogen) atoms. The van der Waals surface area contributed by atoms with Crippen LogP contribution in [0.1, 0.15) is 97.3 Å². The van der Waals surface area contributed by atoms with Crippen molar-refractivity contribution in [3.05, 3.63) is 205 Å². The predicted octanol–water partition coefficient (Wildman–Crippen LogP) is 19.2. The van der Waals surface area contributed by atoms with E-state index in [0.717, 1.165) is 37.8 Å². The number of anilines is 3. The summed E-state index contributed by atoms with van der Waals surface area (Å²) in [5.41, 5.74) is 18.8. The van der Waals surface area contributed by atoms with Crippen LogP contribution in [-0.4, -0.2) is 4.57 Å². The predicted molar refractivity (Wildman–Crippen MR) is 291 cm³/mol. The molecular weight excluding hydrogens is 797 g/mol. The fourth-order valence-electron chi connectivity index (χ4n) is 10.9. The molecule has 0 atom stereocenters. The maximum absolute atomic E-state index is 4.23. The van der Waals surface area contributed by atoms with Gasteiger partial charge in [0.05, 0.1) is 16.9 Å². The number of para-hydroxylation sites is 2. The average Bonchev–Trinajstić information content (AvgIpc) is 3.83. The second-order valence-electron chi connectivity index (χ2n) is 17.1. The number of hydrogen-bond acceptors (Lipinski definition) is 1. The Morgan fingerprint density at radius 2 is 1.15 bits per heavy atom. The van der Waals surface area contributed by atoms with E-state index >= 15 is 0 Å². The van der Waals surface area contributed by atoms with Gasteiger partial charge in [0.2, 0.25) is 0 Å². The number of allylic oxidation sites excluding steroid dienone is 3. The highest BCUT2D eigenvalue weighted by atomic mass is 15.1. The van der Waals surface area contributed by atoms with E-state index in [0.29, 0.717) is 0 Å². The molecule has 0 saturated carbocycles. The topological polar surface area (TPSA) is 8.17 Å². The van der Waals surface area contributed by atoms with Gasteiger partial charge >= 0.3 is 0 Å². The van der Waals surface area contributed by atoms with Crippen LogP contribution in [0.2, 0.25) is 0 Å². The SMILES string of the molecule is C=C/C(=C\CC)c1cc(-c2ccccc2)cc(-c2ccc3c(c2)C(CCC)(CCC)c2cc(N(c4ccccc4)c4cccc5c4c4ccccc4n5C)c4ccccc4c2-3)c1.CC.CC. The van der Waals surface area contributed by atoms with Crippen LogP contribution in [0.3, 0.4) is 0 Å². The lowest BCUT2D eigenvalue weighted by atomic mass is 9.71. The third-order valence-corrected chi connectivity index (χ3v) is 13.5. The van der Waals surface area contributed by atoms with Gasteiger partial charge in [0.15, 0.2) is 0 Å². The second kappa shape index (κ2) is 20.1. The van der Waals surface area contributed by atoms with Crippen LogP contribution in [0, 0.1) is 0 Å². The van der Waals surface area contributed by atoms with Crippen molar-refractivity contribution in [3.63, 3.8) is 0 Å². The van der Waals surface area contributed by atoms with Crippen molar-refractivity contribution in [3.8, 4) is 33.4 Å². The van der Waals surface area contributed by atoms with Gasteiger partial charge in [0, 0.05) is 39.8 Å². The first-order valence-electron chi connectivity index (χ1n) is 24.6. The van der Waals surface area contributed by atoms with Gasteiger partial charge in [0.25, 0.3) is 0 Å². The number of fused-ring (bicyclic) bond motifs is 8. The lowest BCUT2D eigenvalue weighted by Crippen LogP contribution is -2.25. The molecule has 0 spiro atoms. The number of aryl methyl sites for hydroxylation is 1. The van der Waals surface area contributed by atoms with Crippen LogP contribution in [0.4, 0.5) is 17.1 Å². The van der Waals surface area contributed by atoms with E-state index in [9.17, 15) is 0 Å². The third kappa shape index (κ3) is 7.87. The Labute approximate surface area is 394 Å². The Kier molecular flexibility index (Phi) is 13.9. The molecule has 332 valence electrons. The Balaban J connectivity index is 0.00000144. The minimum atomic E-state index is -0.162. The zero-order chi connectivity index (χ0) is 46.4. The van der Waals surface area contributed by atoms with Crippen molar-refractivity contribution in [1.82, 2.24) is 4.57 Å². The smallest absolute Gasteiger partial charge is 0.0562 e. The summed E-state index contributed by atoms with van der Waals surface area (Å²) in [5.74, 6) is 0. The van der Waals surface area contributed by atoms with Crippen molar-refractivity contribution in [2.24, 2.45) is 7.05 Å². The normalized spacial score (nSPS) is 12.5. The largest absolute Gasteiger partial charge is 0.344 e. The summed E-state index contributed by atoms with van der Waals surface area (Å²) in [5, 5.41) is 5.10. The number of benzene rings is 8. The van der Waals surface area contributed by atoms with Crippen molar-refractivity contribution in [1.29, 1.82) is 0 Å². The standard InChI is InChI=1S/C60H54N2.2C2H6/c1-6-21-41(9-4)44-36-45(42-22-12-10-13-23-42)38-46(37-44)43-32-33-50-52(39-43)60(34-7-2,35-8-3)53-40-57(48-26-16-17-27-49(48)58(50)53)62(47-24-14-11-15-25-47)56-31-20-30-55-59(56)51-28-18-19-29-54(51)61(55)5;2*1-2/h9-33,36-40H,4,6-8,34-35H2,1-3,5H3;2*1-2H3/b41-21+;;. The summed E-state index contributed by atoms with van der Waals surface area (Å²) >= 11 is 0. The monoisotopic (exact) mass is 863 g/mol. The van der Waals surface area contributed by atoms with Gasteiger partial charge in [-0.3, -0.25) is 0 Å². The molecule has 0 N–H and O–H groups in total. The van der Waals surface area contributed by atoms with E-state index in [2.05, 4.69) is 220 Å². The highest BCUT2D eigenvalue weighted by Crippen LogP contribution is 2.59. The summed E-state index contributed by atoms with van der Waals surface area (Å²) in [6.45, 7) is 19.2. The fraction of sp³-hybridized carbons (Fsp3) is 0.219. The summed E-state index contributed by atoms with van der Waals surface area (Å²) in [6.07, 6.45) is 9.56. The molecular formula is C64H66N2. The van der Waals surface area contributed by atoms with Gasteiger partial charge in [-0.05, 0) is 141 Å². The highest BCUT2D eigenvalue weighted by Gasteiger charge is 2.44. The molecule has 10 rings (SSSR count). The van der Waals surface area contributed by atoms with Crippen LogP contribution in [0.15, 0.2) is 189 Å². The van der Waals surface area contributed by atoms with Gasteiger partial charge in [-0.2, -0.15) is 0 Å². The lowest BCUT2D eigenvalue weighted by Gasteiger charge is -2.34. The number of rotatable bonds is 12. The van der Waals surface area contributed by atoms with E-state index in [1.165, 1.54) is 99.6 Å². The Bertz CT molecular complexity index is 3160. The van der Waals surface area contributed by atoms with Gasteiger partial charge in [0.1, 0.15) is 0 Å². The Morgan fingerprint density at radius 3 is 1.82 bits per heavy atom. The molecule has 1 heterocycles. The first-order valence-corrected chi connectivity index (χ1v) is 24.6. The average molecular weight is 863 g/mol. The van der Waals surface area contributed by atoms with Gasteiger partial charge in [-0.25, -0.2) is 0 Å². The van der Waals surface area contributed by atoms with Crippen LogP contribution in [-0.2, 0) is 12.5 Å². The van der Waals surface area contributed by atoms with E-state index in [4.69, 9.17) is 0 Å². The van der Waals surface area contributed by atoms with Crippen LogP contribution in [0.25, 0.3) is 71.5 Å². The molecule has 2 heteroatoms. The third-order valence-electron chi connectivity index (χ3n) is 13.5. The van der Waals surface area contributed by atoms with E-state index in [1.807, 2.05) is 33.8 Å². The quantitative estimate of drug-likeness (QED) is 0.111. The number of aromatic nitrogens is 1. The van der Waals surface area contributed by atoms with Gasteiger partial charge < -0.3 is 9.47 Å². The number of hydrogen-bond donors (Lipinski definition) is 0. The molecule has 0 unspecified atom stereocenters. The summed E-state index contributed by atoms with van der Waals surface area (Å²) in [7, 11) is 2.19. The molecule has 1 aliphatic rings. The molecule has 0 saturated heterocycles. The molecule has 2 nitrogen and oxygen atoms in total. The molecule has 1 aromatic heterocycles. The number of nitrogens with zero attached hydrogens (tertiary/aromatic N) is 2. The van der Waals surface area contributed by atoms with Crippen molar-refractivity contribution in [2.75, 3.05) is 4.90 Å². The first kappa shape index (κ1) is 45.7. The molecule has 0 radical (unpaired) electrons. The highest BCUT2D eigenvalue weighted by molar-refractivity contribution is 6.18. The second-order valence-corrected chi connectivity index (χ2v) is 17.1. The van der Waals surface area contributed by atoms with Gasteiger partial charge in [-0.15, -0.1) is 0 Å². The molecule has 0 amide bonds. The summed E-state index contributed by atoms with van der Waals surface area (Å²) < 4.78 is 2.34. The lowest BCUT2D eigenvalue weighted by molar-refractivity contribution is 0.436. The minimum absolute atomic E-state index is 0.162. The van der Waals surface area contributed by atoms with Gasteiger partial charge in [-0.1, -0.05) is 189 Å². The molecule has 0 aliphatic heterocycles. The first-order chi connectivity index (χ1) is 32.5. The Hall–Kier alpha value is -6.90. The molecule has 1 aliphatic carbocycles. The Morgan fingerprint density at radius 1 is 0.545 bits per heavy atom. The molecule has 8 aromatic carbocycles. The molecule has 0 fully saturated rings. The molecule has 9 aromatic rings. The maximum Gasteiger partial charge on any atom is 0.0562 e. The fourth-order valence-corrected chi connectivity index (χ4v) is 10.9.